The van der Waals surface area contributed by atoms with E-state index in [0.717, 1.165) is 32.1 Å². The SMILES string of the molecule is CCCNC(=O)[C@@H]1[C@H]2C(=O)N([C@@H](CO)CC(C)C)C(C(=O)NC3CCCCC3)C23CC[C@@]1(C)O3. The summed E-state index contributed by atoms with van der Waals surface area (Å²) in [4.78, 5) is 42.8. The lowest BCUT2D eigenvalue weighted by Crippen LogP contribution is -2.59. The van der Waals surface area contributed by atoms with Crippen molar-refractivity contribution in [3.63, 3.8) is 0 Å². The molecule has 8 nitrogen and oxygen atoms in total. The van der Waals surface area contributed by atoms with Crippen LogP contribution in [0, 0.1) is 17.8 Å². The molecule has 0 radical (unpaired) electrons. The third-order valence-electron chi connectivity index (χ3n) is 8.59. The number of likely N-dealkylation sites (tertiary alicyclic amines) is 1. The second kappa shape index (κ2) is 9.76. The summed E-state index contributed by atoms with van der Waals surface area (Å²) in [6, 6.07) is -1.21. The number of ether oxygens (including phenoxy) is 1. The van der Waals surface area contributed by atoms with Gasteiger partial charge in [-0.1, -0.05) is 40.0 Å². The van der Waals surface area contributed by atoms with Gasteiger partial charge in [0.05, 0.1) is 30.1 Å². The van der Waals surface area contributed by atoms with Gasteiger partial charge in [-0.05, 0) is 51.4 Å². The Kier molecular flexibility index (Phi) is 7.30. The van der Waals surface area contributed by atoms with Crippen LogP contribution in [0.4, 0.5) is 0 Å². The number of nitrogens with zero attached hydrogens (tertiary/aromatic N) is 1. The lowest BCUT2D eigenvalue weighted by molar-refractivity contribution is -0.150. The molecule has 0 aromatic heterocycles. The highest BCUT2D eigenvalue weighted by molar-refractivity contribution is 5.99. The van der Waals surface area contributed by atoms with Crippen LogP contribution in [0.2, 0.25) is 0 Å². The number of aliphatic hydroxyl groups excluding tert-OH is 1. The maximum absolute atomic E-state index is 14.1. The molecule has 6 atom stereocenters. The van der Waals surface area contributed by atoms with E-state index in [4.69, 9.17) is 4.74 Å². The molecular formula is C26H43N3O5. The minimum absolute atomic E-state index is 0.101. The number of fused-ring (bicyclic) bond motifs is 1. The molecule has 8 heteroatoms. The third kappa shape index (κ3) is 4.15. The van der Waals surface area contributed by atoms with Crippen molar-refractivity contribution in [2.45, 2.75) is 115 Å². The van der Waals surface area contributed by atoms with Gasteiger partial charge in [0.2, 0.25) is 17.7 Å². The van der Waals surface area contributed by atoms with Crippen LogP contribution < -0.4 is 10.6 Å². The van der Waals surface area contributed by atoms with Crippen molar-refractivity contribution >= 4 is 17.7 Å². The van der Waals surface area contributed by atoms with E-state index in [1.807, 2.05) is 27.7 Å². The Hall–Kier alpha value is -1.67. The maximum atomic E-state index is 14.1. The summed E-state index contributed by atoms with van der Waals surface area (Å²) < 4.78 is 6.64. The van der Waals surface area contributed by atoms with Crippen molar-refractivity contribution in [3.05, 3.63) is 0 Å². The van der Waals surface area contributed by atoms with E-state index >= 15 is 0 Å². The predicted octanol–water partition coefficient (Wildman–Crippen LogP) is 2.13. The number of aliphatic hydroxyl groups is 1. The summed E-state index contributed by atoms with van der Waals surface area (Å²) in [6.45, 7) is 8.33. The molecule has 3 aliphatic heterocycles. The Morgan fingerprint density at radius 1 is 1.18 bits per heavy atom. The number of hydrogen-bond donors (Lipinski definition) is 3. The Bertz CT molecular complexity index is 797. The van der Waals surface area contributed by atoms with Gasteiger partial charge in [0, 0.05) is 12.6 Å². The van der Waals surface area contributed by atoms with Gasteiger partial charge in [0.1, 0.15) is 11.6 Å². The summed E-state index contributed by atoms with van der Waals surface area (Å²) in [5.74, 6) is -1.67. The molecule has 0 aromatic rings. The zero-order chi connectivity index (χ0) is 24.7. The van der Waals surface area contributed by atoms with Crippen molar-refractivity contribution in [1.82, 2.24) is 15.5 Å². The number of amides is 3. The standard InChI is InChI=1S/C26H43N3O5/c1-5-13-27-22(31)19-20-24(33)29(18(15-30)14-16(2)3)21(26(20)12-11-25(19,4)34-26)23(32)28-17-9-7-6-8-10-17/h16-21,30H,5-15H2,1-4H3,(H,27,31)(H,28,32)/t18-,19+,20+,21?,25-,26?/m1/s1. The first kappa shape index (κ1) is 25.4. The van der Waals surface area contributed by atoms with Crippen LogP contribution in [0.1, 0.15) is 85.5 Å². The minimum Gasteiger partial charge on any atom is -0.394 e. The number of carbonyl (C=O) groups excluding carboxylic acids is 3. The zero-order valence-corrected chi connectivity index (χ0v) is 21.3. The Labute approximate surface area is 203 Å². The van der Waals surface area contributed by atoms with Gasteiger partial charge in [0.25, 0.3) is 0 Å². The highest BCUT2D eigenvalue weighted by atomic mass is 16.5. The molecule has 3 saturated heterocycles. The Balaban J connectivity index is 1.71. The predicted molar refractivity (Wildman–Crippen MR) is 128 cm³/mol. The fourth-order valence-electron chi connectivity index (χ4n) is 7.16. The first-order valence-corrected chi connectivity index (χ1v) is 13.4. The molecule has 2 unspecified atom stereocenters. The molecule has 2 bridgehead atoms. The van der Waals surface area contributed by atoms with Gasteiger partial charge in [-0.3, -0.25) is 14.4 Å². The first-order valence-electron chi connectivity index (χ1n) is 13.4. The second-order valence-electron chi connectivity index (χ2n) is 11.6. The molecule has 4 rings (SSSR count). The molecule has 4 fully saturated rings. The van der Waals surface area contributed by atoms with E-state index in [1.54, 1.807) is 4.90 Å². The highest BCUT2D eigenvalue weighted by Gasteiger charge is 2.78. The minimum atomic E-state index is -1.02. The van der Waals surface area contributed by atoms with Crippen LogP contribution in [0.5, 0.6) is 0 Å². The van der Waals surface area contributed by atoms with Gasteiger partial charge in [-0.2, -0.15) is 0 Å². The Morgan fingerprint density at radius 3 is 2.50 bits per heavy atom. The summed E-state index contributed by atoms with van der Waals surface area (Å²) in [6.07, 6.45) is 7.84. The van der Waals surface area contributed by atoms with Gasteiger partial charge in [-0.25, -0.2) is 0 Å². The van der Waals surface area contributed by atoms with Crippen LogP contribution >= 0.6 is 0 Å². The number of hydrogen-bond acceptors (Lipinski definition) is 5. The van der Waals surface area contributed by atoms with Gasteiger partial charge >= 0.3 is 0 Å². The highest BCUT2D eigenvalue weighted by Crippen LogP contribution is 2.63. The Morgan fingerprint density at radius 2 is 1.88 bits per heavy atom. The van der Waals surface area contributed by atoms with Crippen LogP contribution in [0.15, 0.2) is 0 Å². The van der Waals surface area contributed by atoms with E-state index in [9.17, 15) is 19.5 Å². The summed E-state index contributed by atoms with van der Waals surface area (Å²) in [7, 11) is 0. The summed E-state index contributed by atoms with van der Waals surface area (Å²) in [5, 5.41) is 16.5. The lowest BCUT2D eigenvalue weighted by Gasteiger charge is -2.38. The van der Waals surface area contributed by atoms with E-state index in [0.29, 0.717) is 25.8 Å². The largest absolute Gasteiger partial charge is 0.394 e. The van der Waals surface area contributed by atoms with Crippen LogP contribution in [0.25, 0.3) is 0 Å². The smallest absolute Gasteiger partial charge is 0.246 e. The quantitative estimate of drug-likeness (QED) is 0.472. The average Bonchev–Trinajstić information content (AvgIpc) is 3.37. The molecule has 4 aliphatic rings. The molecule has 0 aromatic carbocycles. The normalized spacial score (nSPS) is 36.1. The fraction of sp³-hybridized carbons (Fsp3) is 0.885. The first-order chi connectivity index (χ1) is 16.2. The molecule has 3 heterocycles. The number of rotatable bonds is 9. The molecule has 3 amide bonds. The van der Waals surface area contributed by atoms with E-state index in [1.165, 1.54) is 6.42 Å². The van der Waals surface area contributed by atoms with Crippen LogP contribution in [0.3, 0.4) is 0 Å². The van der Waals surface area contributed by atoms with E-state index in [2.05, 4.69) is 10.6 Å². The average molecular weight is 478 g/mol. The van der Waals surface area contributed by atoms with Crippen molar-refractivity contribution in [2.75, 3.05) is 13.2 Å². The molecule has 192 valence electrons. The fourth-order valence-corrected chi connectivity index (χ4v) is 7.16. The van der Waals surface area contributed by atoms with E-state index in [-0.39, 0.29) is 36.3 Å². The maximum Gasteiger partial charge on any atom is 0.246 e. The molecule has 1 aliphatic carbocycles. The lowest BCUT2D eigenvalue weighted by atomic mass is 9.66. The van der Waals surface area contributed by atoms with E-state index < -0.39 is 35.1 Å². The molecule has 34 heavy (non-hydrogen) atoms. The van der Waals surface area contributed by atoms with Crippen LogP contribution in [-0.2, 0) is 19.1 Å². The monoisotopic (exact) mass is 477 g/mol. The van der Waals surface area contributed by atoms with Crippen molar-refractivity contribution in [1.29, 1.82) is 0 Å². The van der Waals surface area contributed by atoms with Crippen LogP contribution in [-0.4, -0.2) is 70.2 Å². The molecule has 1 saturated carbocycles. The molecule has 1 spiro atoms. The summed E-state index contributed by atoms with van der Waals surface area (Å²) >= 11 is 0. The number of carbonyl (C=O) groups is 3. The zero-order valence-electron chi connectivity index (χ0n) is 21.3. The van der Waals surface area contributed by atoms with Gasteiger partial charge < -0.3 is 25.4 Å². The topological polar surface area (TPSA) is 108 Å². The van der Waals surface area contributed by atoms with Crippen molar-refractivity contribution in [2.24, 2.45) is 17.8 Å². The number of nitrogens with one attached hydrogen (secondary N) is 2. The molecule has 3 N–H and O–H groups in total. The second-order valence-corrected chi connectivity index (χ2v) is 11.6. The van der Waals surface area contributed by atoms with Crippen molar-refractivity contribution < 1.29 is 24.2 Å². The third-order valence-corrected chi connectivity index (χ3v) is 8.59. The summed E-state index contributed by atoms with van der Waals surface area (Å²) in [5.41, 5.74) is -1.79. The molecular weight excluding hydrogens is 434 g/mol. The van der Waals surface area contributed by atoms with Gasteiger partial charge in [-0.15, -0.1) is 0 Å². The van der Waals surface area contributed by atoms with Gasteiger partial charge in [0.15, 0.2) is 0 Å². The van der Waals surface area contributed by atoms with Crippen molar-refractivity contribution in [3.8, 4) is 0 Å².